The van der Waals surface area contributed by atoms with E-state index in [4.69, 9.17) is 4.52 Å². The summed E-state index contributed by atoms with van der Waals surface area (Å²) < 4.78 is 5.21. The minimum absolute atomic E-state index is 0.0464. The molecule has 1 spiro atoms. The Balaban J connectivity index is 1.44. The van der Waals surface area contributed by atoms with Crippen LogP contribution in [0.4, 0.5) is 4.79 Å². The Hall–Kier alpha value is -2.70. The van der Waals surface area contributed by atoms with E-state index in [1.54, 1.807) is 0 Å². The number of fused-ring (bicyclic) bond motifs is 2. The molecule has 0 bridgehead atoms. The Morgan fingerprint density at radius 1 is 1.29 bits per heavy atom. The van der Waals surface area contributed by atoms with Gasteiger partial charge in [-0.15, -0.1) is 0 Å². The van der Waals surface area contributed by atoms with Crippen LogP contribution in [0.3, 0.4) is 0 Å². The first-order chi connectivity index (χ1) is 11.7. The largest absolute Gasteiger partial charge is 0.339 e. The fraction of sp³-hybridized carbons (Fsp3) is 0.412. The zero-order valence-corrected chi connectivity index (χ0v) is 13.0. The van der Waals surface area contributed by atoms with Gasteiger partial charge in [0.2, 0.25) is 5.89 Å². The molecule has 2 heterocycles. The number of benzene rings is 1. The molecule has 1 atom stereocenters. The Labute approximate surface area is 138 Å². The molecule has 1 N–H and O–H groups in total. The first kappa shape index (κ1) is 13.7. The lowest BCUT2D eigenvalue weighted by atomic mass is 9.92. The fourth-order valence-corrected chi connectivity index (χ4v) is 3.70. The topological polar surface area (TPSA) is 88.3 Å². The molecule has 24 heavy (non-hydrogen) atoms. The van der Waals surface area contributed by atoms with Gasteiger partial charge in [0.1, 0.15) is 5.54 Å². The molecule has 0 unspecified atom stereocenters. The van der Waals surface area contributed by atoms with Crippen molar-refractivity contribution in [3.63, 3.8) is 0 Å². The number of imide groups is 1. The van der Waals surface area contributed by atoms with Crippen LogP contribution in [0.2, 0.25) is 0 Å². The second-order valence-electron chi connectivity index (χ2n) is 6.71. The Kier molecular flexibility index (Phi) is 2.66. The molecule has 7 heteroatoms. The molecule has 2 fully saturated rings. The normalized spacial score (nSPS) is 25.4. The van der Waals surface area contributed by atoms with Crippen molar-refractivity contribution in [3.8, 4) is 0 Å². The number of nitrogens with one attached hydrogen (secondary N) is 1. The SMILES string of the molecule is O=C1N[C@]2(CCc3ccccc32)C(=O)N1Cc1noc(C2CC2)n1. The van der Waals surface area contributed by atoms with Crippen molar-refractivity contribution in [1.82, 2.24) is 20.4 Å². The summed E-state index contributed by atoms with van der Waals surface area (Å²) in [5.41, 5.74) is 1.08. The molecule has 1 saturated heterocycles. The van der Waals surface area contributed by atoms with Crippen LogP contribution in [0, 0.1) is 0 Å². The zero-order chi connectivity index (χ0) is 16.3. The lowest BCUT2D eigenvalue weighted by molar-refractivity contribution is -0.132. The molecule has 7 nitrogen and oxygen atoms in total. The number of carbonyl (C=O) groups excluding carboxylic acids is 2. The van der Waals surface area contributed by atoms with Gasteiger partial charge in [0.25, 0.3) is 5.91 Å². The van der Waals surface area contributed by atoms with Crippen LogP contribution in [0.1, 0.15) is 48.0 Å². The maximum atomic E-state index is 13.0. The Morgan fingerprint density at radius 3 is 2.96 bits per heavy atom. The summed E-state index contributed by atoms with van der Waals surface area (Å²) in [5, 5.41) is 6.81. The van der Waals surface area contributed by atoms with Crippen molar-refractivity contribution in [2.75, 3.05) is 0 Å². The molecule has 2 aromatic rings. The van der Waals surface area contributed by atoms with Crippen LogP contribution in [0.15, 0.2) is 28.8 Å². The number of urea groups is 1. The third-order valence-corrected chi connectivity index (χ3v) is 5.13. The van der Waals surface area contributed by atoms with Gasteiger partial charge in [-0.1, -0.05) is 29.4 Å². The highest BCUT2D eigenvalue weighted by molar-refractivity contribution is 6.08. The van der Waals surface area contributed by atoms with Gasteiger partial charge in [-0.05, 0) is 36.8 Å². The summed E-state index contributed by atoms with van der Waals surface area (Å²) in [5.74, 6) is 1.11. The number of hydrogen-bond acceptors (Lipinski definition) is 5. The maximum Gasteiger partial charge on any atom is 0.325 e. The van der Waals surface area contributed by atoms with E-state index in [0.29, 0.717) is 24.1 Å². The third kappa shape index (κ3) is 1.84. The molecule has 1 aromatic heterocycles. The molecule has 1 aliphatic heterocycles. The Bertz CT molecular complexity index is 857. The predicted molar refractivity (Wildman–Crippen MR) is 81.8 cm³/mol. The minimum atomic E-state index is -0.934. The molecule has 0 radical (unpaired) electrons. The number of aryl methyl sites for hydroxylation is 1. The maximum absolute atomic E-state index is 13.0. The van der Waals surface area contributed by atoms with Crippen LogP contribution in [0.25, 0.3) is 0 Å². The third-order valence-electron chi connectivity index (χ3n) is 5.13. The van der Waals surface area contributed by atoms with Crippen LogP contribution in [-0.2, 0) is 23.3 Å². The molecule has 122 valence electrons. The van der Waals surface area contributed by atoms with Crippen LogP contribution in [0.5, 0.6) is 0 Å². The van der Waals surface area contributed by atoms with E-state index in [-0.39, 0.29) is 12.5 Å². The average Bonchev–Trinajstić information content (AvgIpc) is 3.15. The predicted octanol–water partition coefficient (Wildman–Crippen LogP) is 1.84. The minimum Gasteiger partial charge on any atom is -0.339 e. The standard InChI is InChI=1S/C17H16N4O3/c22-15-17(8-7-10-3-1-2-4-12(10)17)19-16(23)21(15)9-13-18-14(24-20-13)11-5-6-11/h1-4,11H,5-9H2,(H,19,23)/t17-/m0/s1. The quantitative estimate of drug-likeness (QED) is 0.870. The molecule has 3 aliphatic rings. The van der Waals surface area contributed by atoms with Crippen LogP contribution >= 0.6 is 0 Å². The summed E-state index contributed by atoms with van der Waals surface area (Å²) in [6.07, 6.45) is 3.49. The number of rotatable bonds is 3. The van der Waals surface area contributed by atoms with E-state index in [9.17, 15) is 9.59 Å². The molecule has 5 rings (SSSR count). The van der Waals surface area contributed by atoms with Crippen LogP contribution in [-0.4, -0.2) is 27.0 Å². The van der Waals surface area contributed by atoms with Gasteiger partial charge in [-0.3, -0.25) is 9.69 Å². The fourth-order valence-electron chi connectivity index (χ4n) is 3.70. The van der Waals surface area contributed by atoms with E-state index in [1.165, 1.54) is 4.90 Å². The highest BCUT2D eigenvalue weighted by Crippen LogP contribution is 2.42. The highest BCUT2D eigenvalue weighted by Gasteiger charge is 2.55. The summed E-state index contributed by atoms with van der Waals surface area (Å²) in [4.78, 5) is 30.9. The van der Waals surface area contributed by atoms with Crippen LogP contribution < -0.4 is 5.32 Å². The average molecular weight is 324 g/mol. The van der Waals surface area contributed by atoms with Gasteiger partial charge in [-0.2, -0.15) is 4.98 Å². The summed E-state index contributed by atoms with van der Waals surface area (Å²) in [6, 6.07) is 7.39. The monoisotopic (exact) mass is 324 g/mol. The summed E-state index contributed by atoms with van der Waals surface area (Å²) in [6.45, 7) is 0.0464. The molecular weight excluding hydrogens is 308 g/mol. The van der Waals surface area contributed by atoms with Gasteiger partial charge >= 0.3 is 6.03 Å². The second kappa shape index (κ2) is 4.66. The van der Waals surface area contributed by atoms with Gasteiger partial charge in [-0.25, -0.2) is 4.79 Å². The summed E-state index contributed by atoms with van der Waals surface area (Å²) >= 11 is 0. The van der Waals surface area contributed by atoms with Crippen molar-refractivity contribution < 1.29 is 14.1 Å². The van der Waals surface area contributed by atoms with E-state index >= 15 is 0 Å². The zero-order valence-electron chi connectivity index (χ0n) is 13.0. The molecule has 1 aromatic carbocycles. The second-order valence-corrected chi connectivity index (χ2v) is 6.71. The molecule has 3 amide bonds. The van der Waals surface area contributed by atoms with Gasteiger partial charge in [0, 0.05) is 5.92 Å². The van der Waals surface area contributed by atoms with Gasteiger partial charge < -0.3 is 9.84 Å². The lowest BCUT2D eigenvalue weighted by Gasteiger charge is -2.22. The van der Waals surface area contributed by atoms with Crippen molar-refractivity contribution >= 4 is 11.9 Å². The first-order valence-electron chi connectivity index (χ1n) is 8.22. The first-order valence-corrected chi connectivity index (χ1v) is 8.22. The number of aromatic nitrogens is 2. The van der Waals surface area contributed by atoms with Crippen molar-refractivity contribution in [1.29, 1.82) is 0 Å². The van der Waals surface area contributed by atoms with E-state index in [0.717, 1.165) is 30.4 Å². The van der Waals surface area contributed by atoms with E-state index in [1.807, 2.05) is 24.3 Å². The number of hydrogen-bond donors (Lipinski definition) is 1. The summed E-state index contributed by atoms with van der Waals surface area (Å²) in [7, 11) is 0. The smallest absolute Gasteiger partial charge is 0.325 e. The van der Waals surface area contributed by atoms with Crippen molar-refractivity contribution in [3.05, 3.63) is 47.1 Å². The van der Waals surface area contributed by atoms with Gasteiger partial charge in [0.05, 0.1) is 6.54 Å². The van der Waals surface area contributed by atoms with E-state index in [2.05, 4.69) is 15.5 Å². The highest BCUT2D eigenvalue weighted by atomic mass is 16.5. The Morgan fingerprint density at radius 2 is 2.12 bits per heavy atom. The number of carbonyl (C=O) groups is 2. The lowest BCUT2D eigenvalue weighted by Crippen LogP contribution is -2.41. The molecule has 2 aliphatic carbocycles. The van der Waals surface area contributed by atoms with E-state index < -0.39 is 11.6 Å². The van der Waals surface area contributed by atoms with Crippen molar-refractivity contribution in [2.24, 2.45) is 0 Å². The number of nitrogens with zero attached hydrogens (tertiary/aromatic N) is 3. The van der Waals surface area contributed by atoms with Gasteiger partial charge in [0.15, 0.2) is 5.82 Å². The number of amides is 3. The molecule has 1 saturated carbocycles. The van der Waals surface area contributed by atoms with Crippen molar-refractivity contribution in [2.45, 2.75) is 43.7 Å². The molecular formula is C17H16N4O3.